The Kier molecular flexibility index (Phi) is 7.33. The fourth-order valence-electron chi connectivity index (χ4n) is 7.74. The molecule has 1 unspecified atom stereocenters. The van der Waals surface area contributed by atoms with Crippen LogP contribution in [0, 0.1) is 31.6 Å². The van der Waals surface area contributed by atoms with Crippen LogP contribution in [-0.2, 0) is 19.1 Å². The number of carbonyl (C=O) groups is 3. The highest BCUT2D eigenvalue weighted by Crippen LogP contribution is 2.59. The SMILES string of the molecule is CC[C@]12C=CCN(c3ccccc3)C(=O)[C@H]1[C@H]1C(=O)N([C@@H](CO)C(C)C)C3C(=O)N(c4cc(C)ccc4C)CC=C[C@@]31O2. The first-order valence-electron chi connectivity index (χ1n) is 15.3. The molecule has 4 aliphatic heterocycles. The highest BCUT2D eigenvalue weighted by molar-refractivity contribution is 6.08. The third kappa shape index (κ3) is 4.29. The van der Waals surface area contributed by atoms with Crippen molar-refractivity contribution in [1.29, 1.82) is 0 Å². The molecule has 3 amide bonds. The molecule has 0 radical (unpaired) electrons. The Labute approximate surface area is 253 Å². The van der Waals surface area contributed by atoms with Crippen molar-refractivity contribution in [2.45, 2.75) is 64.3 Å². The number of aliphatic hydroxyl groups excluding tert-OH is 1. The molecule has 6 atom stereocenters. The number of aliphatic hydroxyl groups is 1. The Balaban J connectivity index is 1.54. The molecule has 2 saturated heterocycles. The minimum absolute atomic E-state index is 0.138. The van der Waals surface area contributed by atoms with E-state index in [1.165, 1.54) is 0 Å². The minimum Gasteiger partial charge on any atom is -0.394 e. The van der Waals surface area contributed by atoms with Crippen LogP contribution in [0.4, 0.5) is 11.4 Å². The maximum Gasteiger partial charge on any atom is 0.253 e. The van der Waals surface area contributed by atoms with Gasteiger partial charge in [-0.15, -0.1) is 0 Å². The number of rotatable bonds is 6. The molecule has 6 rings (SSSR count). The summed E-state index contributed by atoms with van der Waals surface area (Å²) in [5.41, 5.74) is 1.02. The highest BCUT2D eigenvalue weighted by Gasteiger charge is 2.76. The van der Waals surface area contributed by atoms with Crippen molar-refractivity contribution < 1.29 is 24.2 Å². The molecule has 4 heterocycles. The van der Waals surface area contributed by atoms with E-state index in [1.807, 2.05) is 107 Å². The van der Waals surface area contributed by atoms with E-state index < -0.39 is 35.1 Å². The fraction of sp³-hybridized carbons (Fsp3) is 0.457. The molecule has 1 spiro atoms. The summed E-state index contributed by atoms with van der Waals surface area (Å²) in [6.45, 7) is 10.1. The number of nitrogens with zero attached hydrogens (tertiary/aromatic N) is 3. The van der Waals surface area contributed by atoms with Crippen LogP contribution in [0.5, 0.6) is 0 Å². The van der Waals surface area contributed by atoms with Gasteiger partial charge in [-0.3, -0.25) is 14.4 Å². The van der Waals surface area contributed by atoms with Crippen molar-refractivity contribution in [2.24, 2.45) is 17.8 Å². The Hall–Kier alpha value is -3.75. The minimum atomic E-state index is -1.39. The molecular weight excluding hydrogens is 542 g/mol. The molecule has 2 aromatic carbocycles. The van der Waals surface area contributed by atoms with Gasteiger partial charge in [0.05, 0.1) is 30.1 Å². The monoisotopic (exact) mass is 583 g/mol. The molecule has 4 aliphatic rings. The lowest BCUT2D eigenvalue weighted by molar-refractivity contribution is -0.150. The van der Waals surface area contributed by atoms with Gasteiger partial charge in [0.1, 0.15) is 11.6 Å². The average Bonchev–Trinajstić information content (AvgIpc) is 3.28. The van der Waals surface area contributed by atoms with Gasteiger partial charge in [0, 0.05) is 24.5 Å². The number of hydrogen-bond acceptors (Lipinski definition) is 5. The molecule has 1 N–H and O–H groups in total. The lowest BCUT2D eigenvalue weighted by Gasteiger charge is -2.42. The molecular formula is C35H41N3O5. The van der Waals surface area contributed by atoms with Crippen LogP contribution in [0.3, 0.4) is 0 Å². The average molecular weight is 584 g/mol. The zero-order chi connectivity index (χ0) is 30.7. The van der Waals surface area contributed by atoms with Crippen LogP contribution in [0.25, 0.3) is 0 Å². The van der Waals surface area contributed by atoms with Gasteiger partial charge in [-0.05, 0) is 55.5 Å². The van der Waals surface area contributed by atoms with Crippen molar-refractivity contribution in [1.82, 2.24) is 4.90 Å². The number of hydrogen-bond donors (Lipinski definition) is 1. The Bertz CT molecular complexity index is 1500. The number of benzene rings is 2. The summed E-state index contributed by atoms with van der Waals surface area (Å²) in [5, 5.41) is 10.6. The summed E-state index contributed by atoms with van der Waals surface area (Å²) in [5.74, 6) is -2.72. The van der Waals surface area contributed by atoms with E-state index in [1.54, 1.807) is 14.7 Å². The summed E-state index contributed by atoms with van der Waals surface area (Å²) in [6, 6.07) is 13.8. The molecule has 2 fully saturated rings. The van der Waals surface area contributed by atoms with Crippen molar-refractivity contribution in [3.8, 4) is 0 Å². The van der Waals surface area contributed by atoms with Gasteiger partial charge in [0.25, 0.3) is 5.91 Å². The number of ether oxygens (including phenoxy) is 1. The summed E-state index contributed by atoms with van der Waals surface area (Å²) >= 11 is 0. The number of aryl methyl sites for hydroxylation is 2. The van der Waals surface area contributed by atoms with Crippen molar-refractivity contribution in [2.75, 3.05) is 29.5 Å². The molecule has 0 saturated carbocycles. The van der Waals surface area contributed by atoms with E-state index in [-0.39, 0.29) is 30.2 Å². The van der Waals surface area contributed by atoms with Gasteiger partial charge in [-0.1, -0.05) is 75.4 Å². The maximum absolute atomic E-state index is 14.9. The number of amides is 3. The van der Waals surface area contributed by atoms with Gasteiger partial charge < -0.3 is 24.5 Å². The van der Waals surface area contributed by atoms with Crippen molar-refractivity contribution >= 4 is 29.1 Å². The molecule has 0 aromatic heterocycles. The van der Waals surface area contributed by atoms with Crippen LogP contribution >= 0.6 is 0 Å². The van der Waals surface area contributed by atoms with E-state index in [9.17, 15) is 19.5 Å². The topological polar surface area (TPSA) is 90.4 Å². The zero-order valence-corrected chi connectivity index (χ0v) is 25.6. The van der Waals surface area contributed by atoms with E-state index in [0.717, 1.165) is 22.5 Å². The van der Waals surface area contributed by atoms with Gasteiger partial charge in [0.15, 0.2) is 0 Å². The van der Waals surface area contributed by atoms with Crippen LogP contribution in [-0.4, -0.2) is 70.7 Å². The molecule has 2 aromatic rings. The van der Waals surface area contributed by atoms with Gasteiger partial charge in [0.2, 0.25) is 11.8 Å². The lowest BCUT2D eigenvalue weighted by Crippen LogP contribution is -2.60. The van der Waals surface area contributed by atoms with E-state index in [2.05, 4.69) is 0 Å². The van der Waals surface area contributed by atoms with E-state index in [0.29, 0.717) is 19.5 Å². The second-order valence-electron chi connectivity index (χ2n) is 12.7. The Morgan fingerprint density at radius 2 is 1.60 bits per heavy atom. The zero-order valence-electron chi connectivity index (χ0n) is 25.6. The van der Waals surface area contributed by atoms with Crippen LogP contribution in [0.15, 0.2) is 72.8 Å². The first-order chi connectivity index (χ1) is 20.6. The molecule has 0 bridgehead atoms. The quantitative estimate of drug-likeness (QED) is 0.516. The summed E-state index contributed by atoms with van der Waals surface area (Å²) in [4.78, 5) is 49.3. The second-order valence-corrected chi connectivity index (χ2v) is 12.7. The van der Waals surface area contributed by atoms with E-state index in [4.69, 9.17) is 4.74 Å². The smallest absolute Gasteiger partial charge is 0.253 e. The molecule has 0 aliphatic carbocycles. The van der Waals surface area contributed by atoms with Crippen LogP contribution in [0.1, 0.15) is 38.3 Å². The van der Waals surface area contributed by atoms with Crippen LogP contribution < -0.4 is 9.80 Å². The van der Waals surface area contributed by atoms with Gasteiger partial charge in [-0.2, -0.15) is 0 Å². The van der Waals surface area contributed by atoms with Gasteiger partial charge >= 0.3 is 0 Å². The summed E-state index contributed by atoms with van der Waals surface area (Å²) in [7, 11) is 0. The van der Waals surface area contributed by atoms with E-state index >= 15 is 0 Å². The number of para-hydroxylation sites is 1. The third-order valence-corrected chi connectivity index (χ3v) is 9.91. The number of fused-ring (bicyclic) bond motifs is 2. The standard InChI is InChI=1S/C35H41N3O5/c1-6-34-16-10-18-36(25-12-8-7-9-13-25)31(40)28(34)29-32(41)38(27(21-39)22(2)3)30-33(42)37(19-11-17-35(29,30)43-34)26-20-23(4)14-15-24(26)5/h7-17,20,22,27-30,39H,6,18-19,21H2,1-5H3/t27-,28+,29-,30?,34-,35-/m0/s1. The molecule has 43 heavy (non-hydrogen) atoms. The van der Waals surface area contributed by atoms with Crippen molar-refractivity contribution in [3.63, 3.8) is 0 Å². The molecule has 8 heteroatoms. The first kappa shape index (κ1) is 29.3. The van der Waals surface area contributed by atoms with Gasteiger partial charge in [-0.25, -0.2) is 0 Å². The summed E-state index contributed by atoms with van der Waals surface area (Å²) in [6.07, 6.45) is 8.12. The highest BCUT2D eigenvalue weighted by atomic mass is 16.5. The Morgan fingerprint density at radius 1 is 0.907 bits per heavy atom. The summed E-state index contributed by atoms with van der Waals surface area (Å²) < 4.78 is 7.10. The lowest BCUT2D eigenvalue weighted by atomic mass is 9.73. The predicted octanol–water partition coefficient (Wildman–Crippen LogP) is 4.19. The molecule has 226 valence electrons. The number of carbonyl (C=O) groups excluding carboxylic acids is 3. The van der Waals surface area contributed by atoms with Crippen LogP contribution in [0.2, 0.25) is 0 Å². The number of anilines is 2. The normalized spacial score (nSPS) is 30.8. The second kappa shape index (κ2) is 10.8. The van der Waals surface area contributed by atoms with Crippen molar-refractivity contribution in [3.05, 3.63) is 84.0 Å². The first-order valence-corrected chi connectivity index (χ1v) is 15.3. The number of likely N-dealkylation sites (tertiary alicyclic amines) is 1. The largest absolute Gasteiger partial charge is 0.394 e. The molecule has 8 nitrogen and oxygen atoms in total. The third-order valence-electron chi connectivity index (χ3n) is 9.91. The maximum atomic E-state index is 14.9. The Morgan fingerprint density at radius 3 is 2.28 bits per heavy atom. The predicted molar refractivity (Wildman–Crippen MR) is 166 cm³/mol. The fourth-order valence-corrected chi connectivity index (χ4v) is 7.74.